The quantitative estimate of drug-likeness (QED) is 0.785. The van der Waals surface area contributed by atoms with Crippen LogP contribution in [0.4, 0.5) is 18.9 Å². The van der Waals surface area contributed by atoms with Crippen LogP contribution in [0.1, 0.15) is 30.0 Å². The molecule has 4 nitrogen and oxygen atoms in total. The number of ether oxygens (including phenoxy) is 1. The Kier molecular flexibility index (Phi) is 4.58. The molecule has 27 heavy (non-hydrogen) atoms. The summed E-state index contributed by atoms with van der Waals surface area (Å²) in [7, 11) is 1.72. The SMILES string of the molecule is COCC(c1cccnc1)C1CC2(C1)CN(c1ccc(C(F)(F)F)nc1)C2. The van der Waals surface area contributed by atoms with Gasteiger partial charge < -0.3 is 9.64 Å². The molecule has 2 aliphatic rings. The molecule has 2 aromatic rings. The number of alkyl halides is 3. The van der Waals surface area contributed by atoms with Gasteiger partial charge >= 0.3 is 6.18 Å². The third kappa shape index (κ3) is 3.52. The molecule has 4 rings (SSSR count). The summed E-state index contributed by atoms with van der Waals surface area (Å²) in [5, 5.41) is 0. The van der Waals surface area contributed by atoms with Crippen molar-refractivity contribution in [3.8, 4) is 0 Å². The number of pyridine rings is 2. The first-order valence-corrected chi connectivity index (χ1v) is 9.07. The third-order valence-corrected chi connectivity index (χ3v) is 5.87. The molecule has 2 fully saturated rings. The summed E-state index contributed by atoms with van der Waals surface area (Å²) in [6.45, 7) is 2.44. The Bertz CT molecular complexity index is 765. The van der Waals surface area contributed by atoms with Crippen molar-refractivity contribution in [1.29, 1.82) is 0 Å². The maximum absolute atomic E-state index is 12.6. The lowest BCUT2D eigenvalue weighted by Crippen LogP contribution is -2.63. The predicted molar refractivity (Wildman–Crippen MR) is 95.5 cm³/mol. The molecule has 1 atom stereocenters. The Morgan fingerprint density at radius 2 is 2.00 bits per heavy atom. The van der Waals surface area contributed by atoms with Crippen molar-refractivity contribution in [3.05, 3.63) is 54.1 Å². The van der Waals surface area contributed by atoms with E-state index in [1.807, 2.05) is 12.3 Å². The van der Waals surface area contributed by atoms with E-state index >= 15 is 0 Å². The molecule has 1 aliphatic carbocycles. The lowest BCUT2D eigenvalue weighted by atomic mass is 9.54. The van der Waals surface area contributed by atoms with Crippen molar-refractivity contribution in [1.82, 2.24) is 9.97 Å². The molecule has 0 aromatic carbocycles. The zero-order valence-electron chi connectivity index (χ0n) is 15.1. The van der Waals surface area contributed by atoms with Gasteiger partial charge in [-0.15, -0.1) is 0 Å². The van der Waals surface area contributed by atoms with Crippen molar-refractivity contribution in [2.75, 3.05) is 31.7 Å². The molecule has 0 amide bonds. The van der Waals surface area contributed by atoms with Gasteiger partial charge in [-0.25, -0.2) is 4.98 Å². The minimum Gasteiger partial charge on any atom is -0.384 e. The fourth-order valence-electron chi connectivity index (χ4n) is 4.56. The Morgan fingerprint density at radius 1 is 1.22 bits per heavy atom. The molecule has 2 aromatic heterocycles. The minimum atomic E-state index is -4.39. The summed E-state index contributed by atoms with van der Waals surface area (Å²) in [5.74, 6) is 0.901. The van der Waals surface area contributed by atoms with Gasteiger partial charge in [-0.2, -0.15) is 13.2 Å². The Hall–Kier alpha value is -2.15. The van der Waals surface area contributed by atoms with Gasteiger partial charge in [0.05, 0.1) is 18.5 Å². The van der Waals surface area contributed by atoms with Crippen LogP contribution in [0, 0.1) is 11.3 Å². The third-order valence-electron chi connectivity index (χ3n) is 5.87. The Balaban J connectivity index is 1.35. The highest BCUT2D eigenvalue weighted by Gasteiger charge is 2.54. The summed E-state index contributed by atoms with van der Waals surface area (Å²) in [4.78, 5) is 9.90. The van der Waals surface area contributed by atoms with Crippen LogP contribution in [-0.2, 0) is 10.9 Å². The smallest absolute Gasteiger partial charge is 0.384 e. The van der Waals surface area contributed by atoms with E-state index < -0.39 is 11.9 Å². The van der Waals surface area contributed by atoms with Crippen LogP contribution in [0.5, 0.6) is 0 Å². The number of halogens is 3. The lowest BCUT2D eigenvalue weighted by Gasteiger charge is -2.61. The molecule has 1 spiro atoms. The zero-order chi connectivity index (χ0) is 19.1. The highest BCUT2D eigenvalue weighted by Crippen LogP contribution is 2.56. The number of anilines is 1. The van der Waals surface area contributed by atoms with E-state index in [1.54, 1.807) is 13.3 Å². The molecule has 144 valence electrons. The van der Waals surface area contributed by atoms with E-state index in [9.17, 15) is 13.2 Å². The largest absolute Gasteiger partial charge is 0.433 e. The average molecular weight is 377 g/mol. The molecule has 0 bridgehead atoms. The van der Waals surface area contributed by atoms with E-state index in [0.29, 0.717) is 18.4 Å². The standard InChI is InChI=1S/C20H22F3N3O/c1-27-11-17(14-3-2-6-24-9-14)15-7-19(8-15)12-26(13-19)16-4-5-18(25-10-16)20(21,22)23/h2-6,9-10,15,17H,7-8,11-13H2,1H3. The normalized spacial score (nSPS) is 20.2. The lowest BCUT2D eigenvalue weighted by molar-refractivity contribution is -0.141. The van der Waals surface area contributed by atoms with Gasteiger partial charge in [0.25, 0.3) is 0 Å². The summed E-state index contributed by atoms with van der Waals surface area (Å²) >= 11 is 0. The van der Waals surface area contributed by atoms with Crippen LogP contribution in [0.15, 0.2) is 42.9 Å². The number of aromatic nitrogens is 2. The van der Waals surface area contributed by atoms with Crippen molar-refractivity contribution < 1.29 is 17.9 Å². The van der Waals surface area contributed by atoms with Crippen LogP contribution < -0.4 is 4.90 Å². The van der Waals surface area contributed by atoms with E-state index in [0.717, 1.165) is 37.7 Å². The van der Waals surface area contributed by atoms with Gasteiger partial charge in [0.2, 0.25) is 0 Å². The maximum Gasteiger partial charge on any atom is 0.433 e. The van der Waals surface area contributed by atoms with Gasteiger partial charge in [0, 0.05) is 43.9 Å². The summed E-state index contributed by atoms with van der Waals surface area (Å²) < 4.78 is 43.3. The van der Waals surface area contributed by atoms with Gasteiger partial charge in [-0.05, 0) is 42.5 Å². The van der Waals surface area contributed by atoms with Crippen LogP contribution in [0.25, 0.3) is 0 Å². The molecule has 1 saturated heterocycles. The van der Waals surface area contributed by atoms with Crippen molar-refractivity contribution >= 4 is 5.69 Å². The van der Waals surface area contributed by atoms with Crippen LogP contribution in [-0.4, -0.2) is 36.8 Å². The Labute approximate surface area is 156 Å². The van der Waals surface area contributed by atoms with Crippen molar-refractivity contribution in [3.63, 3.8) is 0 Å². The van der Waals surface area contributed by atoms with E-state index in [2.05, 4.69) is 20.9 Å². The fraction of sp³-hybridized carbons (Fsp3) is 0.500. The van der Waals surface area contributed by atoms with E-state index in [4.69, 9.17) is 4.74 Å². The number of methoxy groups -OCH3 is 1. The summed E-state index contributed by atoms with van der Waals surface area (Å²) in [6.07, 6.45) is 2.85. The van der Waals surface area contributed by atoms with E-state index in [-0.39, 0.29) is 5.41 Å². The van der Waals surface area contributed by atoms with E-state index in [1.165, 1.54) is 17.8 Å². The molecule has 0 radical (unpaired) electrons. The zero-order valence-corrected chi connectivity index (χ0v) is 15.1. The maximum atomic E-state index is 12.6. The highest BCUT2D eigenvalue weighted by molar-refractivity contribution is 5.49. The minimum absolute atomic E-state index is 0.279. The van der Waals surface area contributed by atoms with Crippen LogP contribution >= 0.6 is 0 Å². The predicted octanol–water partition coefficient (Wildman–Crippen LogP) is 4.14. The molecule has 1 saturated carbocycles. The van der Waals surface area contributed by atoms with Gasteiger partial charge in [-0.3, -0.25) is 4.98 Å². The highest BCUT2D eigenvalue weighted by atomic mass is 19.4. The molecule has 7 heteroatoms. The second-order valence-corrected chi connectivity index (χ2v) is 7.77. The number of nitrogens with zero attached hydrogens (tertiary/aromatic N) is 3. The first-order valence-electron chi connectivity index (χ1n) is 9.07. The molecule has 1 aliphatic heterocycles. The van der Waals surface area contributed by atoms with Gasteiger partial charge in [0.1, 0.15) is 5.69 Å². The van der Waals surface area contributed by atoms with Gasteiger partial charge in [0.15, 0.2) is 0 Å². The molecule has 3 heterocycles. The first-order chi connectivity index (χ1) is 12.9. The Morgan fingerprint density at radius 3 is 2.56 bits per heavy atom. The fourth-order valence-corrected chi connectivity index (χ4v) is 4.56. The molecular formula is C20H22F3N3O. The number of hydrogen-bond acceptors (Lipinski definition) is 4. The second-order valence-electron chi connectivity index (χ2n) is 7.77. The number of hydrogen-bond donors (Lipinski definition) is 0. The molecule has 0 N–H and O–H groups in total. The molecule has 1 unspecified atom stereocenters. The van der Waals surface area contributed by atoms with Gasteiger partial charge in [-0.1, -0.05) is 6.07 Å². The van der Waals surface area contributed by atoms with Crippen LogP contribution in [0.3, 0.4) is 0 Å². The summed E-state index contributed by atoms with van der Waals surface area (Å²) in [5.41, 5.74) is 1.41. The molecular weight excluding hydrogens is 355 g/mol. The number of rotatable bonds is 5. The topological polar surface area (TPSA) is 38.2 Å². The van der Waals surface area contributed by atoms with Crippen molar-refractivity contribution in [2.24, 2.45) is 11.3 Å². The monoisotopic (exact) mass is 377 g/mol. The van der Waals surface area contributed by atoms with Crippen LogP contribution in [0.2, 0.25) is 0 Å². The summed E-state index contributed by atoms with van der Waals surface area (Å²) in [6, 6.07) is 6.63. The van der Waals surface area contributed by atoms with Crippen molar-refractivity contribution in [2.45, 2.75) is 24.9 Å². The second kappa shape index (κ2) is 6.78. The average Bonchev–Trinajstić information content (AvgIpc) is 2.59. The first kappa shape index (κ1) is 18.2.